The van der Waals surface area contributed by atoms with Gasteiger partial charge >= 0.3 is 0 Å². The highest BCUT2D eigenvalue weighted by Crippen LogP contribution is 2.37. The molecule has 1 aliphatic heterocycles. The van der Waals surface area contributed by atoms with Gasteiger partial charge in [0, 0.05) is 0 Å². The Balaban J connectivity index is 2.19. The summed E-state index contributed by atoms with van der Waals surface area (Å²) in [5.74, 6) is 2.66. The van der Waals surface area contributed by atoms with Crippen molar-refractivity contribution >= 4 is 11.8 Å². The van der Waals surface area contributed by atoms with Crippen LogP contribution in [0.3, 0.4) is 0 Å². The minimum absolute atomic E-state index is 0.542. The van der Waals surface area contributed by atoms with Crippen LogP contribution in [0.2, 0.25) is 0 Å². The third-order valence-electron chi connectivity index (χ3n) is 2.84. The number of ether oxygens (including phenoxy) is 1. The lowest BCUT2D eigenvalue weighted by molar-refractivity contribution is 0.166. The Labute approximate surface area is 92.3 Å². The second-order valence-corrected chi connectivity index (χ2v) is 5.96. The molecule has 82 valence electrons. The van der Waals surface area contributed by atoms with Crippen LogP contribution in [0.5, 0.6) is 0 Å². The Kier molecular flexibility index (Phi) is 4.86. The molecule has 0 radical (unpaired) electrons. The van der Waals surface area contributed by atoms with Gasteiger partial charge in [0.25, 0.3) is 0 Å². The van der Waals surface area contributed by atoms with Crippen LogP contribution in [0, 0.1) is 5.41 Å². The highest BCUT2D eigenvalue weighted by molar-refractivity contribution is 7.99. The maximum absolute atomic E-state index is 5.49. The zero-order chi connectivity index (χ0) is 10.4. The van der Waals surface area contributed by atoms with Gasteiger partial charge in [-0.1, -0.05) is 6.92 Å². The molecule has 1 saturated heterocycles. The first-order valence-electron chi connectivity index (χ1n) is 5.45. The largest absolute Gasteiger partial charge is 0.501 e. The summed E-state index contributed by atoms with van der Waals surface area (Å²) < 4.78 is 5.49. The van der Waals surface area contributed by atoms with E-state index in [1.165, 1.54) is 36.3 Å². The second-order valence-electron chi connectivity index (χ2n) is 4.74. The number of thioether (sulfide) groups is 1. The van der Waals surface area contributed by atoms with Crippen molar-refractivity contribution in [1.82, 2.24) is 0 Å². The third kappa shape index (κ3) is 4.41. The molecule has 0 amide bonds. The zero-order valence-corrected chi connectivity index (χ0v) is 10.5. The molecule has 0 bridgehead atoms. The van der Waals surface area contributed by atoms with Gasteiger partial charge in [0.2, 0.25) is 0 Å². The van der Waals surface area contributed by atoms with E-state index in [0.29, 0.717) is 5.41 Å². The van der Waals surface area contributed by atoms with Crippen molar-refractivity contribution in [3.63, 3.8) is 0 Å². The summed E-state index contributed by atoms with van der Waals surface area (Å²) in [6, 6.07) is 0. The van der Waals surface area contributed by atoms with Crippen molar-refractivity contribution in [2.45, 2.75) is 40.0 Å². The van der Waals surface area contributed by atoms with Crippen LogP contribution in [0.1, 0.15) is 40.0 Å². The Bertz CT molecular complexity index is 188. The maximum atomic E-state index is 5.49. The Morgan fingerprint density at radius 2 is 2.00 bits per heavy atom. The van der Waals surface area contributed by atoms with Crippen LogP contribution in [0.25, 0.3) is 0 Å². The fourth-order valence-electron chi connectivity index (χ4n) is 1.65. The zero-order valence-electron chi connectivity index (χ0n) is 9.64. The Morgan fingerprint density at radius 3 is 2.57 bits per heavy atom. The number of hydrogen-bond acceptors (Lipinski definition) is 2. The fraction of sp³-hybridized carbons (Fsp3) is 0.833. The predicted molar refractivity (Wildman–Crippen MR) is 64.7 cm³/mol. The average Bonchev–Trinajstić information content (AvgIpc) is 2.14. The van der Waals surface area contributed by atoms with Gasteiger partial charge in [-0.15, -0.1) is 0 Å². The summed E-state index contributed by atoms with van der Waals surface area (Å²) in [6.45, 7) is 7.42. The lowest BCUT2D eigenvalue weighted by atomic mass is 9.81. The van der Waals surface area contributed by atoms with Crippen LogP contribution in [-0.4, -0.2) is 18.1 Å². The van der Waals surface area contributed by atoms with E-state index >= 15 is 0 Å². The molecule has 0 atom stereocenters. The molecule has 0 aromatic rings. The van der Waals surface area contributed by atoms with Gasteiger partial charge in [-0.05, 0) is 55.6 Å². The number of allylic oxidation sites excluding steroid dienone is 1. The molecule has 0 N–H and O–H groups in total. The first-order valence-corrected chi connectivity index (χ1v) is 6.61. The normalized spacial score (nSPS) is 20.2. The molecule has 0 aromatic carbocycles. The lowest BCUT2D eigenvalue weighted by Crippen LogP contribution is -2.24. The summed E-state index contributed by atoms with van der Waals surface area (Å²) in [4.78, 5) is 0. The molecule has 0 unspecified atom stereocenters. The molecular formula is C12H22OS. The summed E-state index contributed by atoms with van der Waals surface area (Å²) in [7, 11) is 0. The van der Waals surface area contributed by atoms with E-state index in [1.807, 2.05) is 6.26 Å². The van der Waals surface area contributed by atoms with Gasteiger partial charge in [-0.3, -0.25) is 0 Å². The Hall–Kier alpha value is -0.110. The SMILES string of the molecule is CC(C)=COCCC1(C)CCSCC1. The minimum Gasteiger partial charge on any atom is -0.501 e. The molecular weight excluding hydrogens is 192 g/mol. The molecule has 0 saturated carbocycles. The monoisotopic (exact) mass is 214 g/mol. The van der Waals surface area contributed by atoms with Gasteiger partial charge in [0.05, 0.1) is 12.9 Å². The summed E-state index contributed by atoms with van der Waals surface area (Å²) in [5, 5.41) is 0. The minimum atomic E-state index is 0.542. The fourth-order valence-corrected chi connectivity index (χ4v) is 3.12. The summed E-state index contributed by atoms with van der Waals surface area (Å²) in [6.07, 6.45) is 5.80. The van der Waals surface area contributed by atoms with Crippen molar-refractivity contribution in [1.29, 1.82) is 0 Å². The number of rotatable bonds is 4. The van der Waals surface area contributed by atoms with Crippen molar-refractivity contribution in [3.8, 4) is 0 Å². The molecule has 0 spiro atoms. The first kappa shape index (κ1) is 12.0. The second kappa shape index (κ2) is 5.69. The molecule has 1 fully saturated rings. The quantitative estimate of drug-likeness (QED) is 0.519. The van der Waals surface area contributed by atoms with Gasteiger partial charge < -0.3 is 4.74 Å². The lowest BCUT2D eigenvalue weighted by Gasteiger charge is -2.32. The average molecular weight is 214 g/mol. The predicted octanol–water partition coefficient (Wildman–Crippen LogP) is 3.85. The number of hydrogen-bond donors (Lipinski definition) is 0. The highest BCUT2D eigenvalue weighted by atomic mass is 32.2. The van der Waals surface area contributed by atoms with Crippen molar-refractivity contribution in [2.24, 2.45) is 5.41 Å². The standard InChI is InChI=1S/C12H22OS/c1-11(2)10-13-7-4-12(3)5-8-14-9-6-12/h10H,4-9H2,1-3H3. The molecule has 1 aliphatic rings. The van der Waals surface area contributed by atoms with Crippen molar-refractivity contribution < 1.29 is 4.74 Å². The summed E-state index contributed by atoms with van der Waals surface area (Å²) in [5.41, 5.74) is 1.79. The van der Waals surface area contributed by atoms with Crippen LogP contribution >= 0.6 is 11.8 Å². The van der Waals surface area contributed by atoms with Crippen LogP contribution in [-0.2, 0) is 4.74 Å². The van der Waals surface area contributed by atoms with Crippen molar-refractivity contribution in [3.05, 3.63) is 11.8 Å². The molecule has 1 rings (SSSR count). The highest BCUT2D eigenvalue weighted by Gasteiger charge is 2.26. The topological polar surface area (TPSA) is 9.23 Å². The van der Waals surface area contributed by atoms with Gasteiger partial charge in [-0.25, -0.2) is 0 Å². The van der Waals surface area contributed by atoms with E-state index in [2.05, 4.69) is 32.5 Å². The van der Waals surface area contributed by atoms with Gasteiger partial charge in [-0.2, -0.15) is 11.8 Å². The van der Waals surface area contributed by atoms with Crippen LogP contribution in [0.4, 0.5) is 0 Å². The van der Waals surface area contributed by atoms with Gasteiger partial charge in [0.1, 0.15) is 0 Å². The molecule has 14 heavy (non-hydrogen) atoms. The molecule has 1 nitrogen and oxygen atoms in total. The molecule has 1 heterocycles. The van der Waals surface area contributed by atoms with E-state index in [9.17, 15) is 0 Å². The van der Waals surface area contributed by atoms with E-state index < -0.39 is 0 Å². The van der Waals surface area contributed by atoms with Crippen molar-refractivity contribution in [2.75, 3.05) is 18.1 Å². The van der Waals surface area contributed by atoms with E-state index in [-0.39, 0.29) is 0 Å². The third-order valence-corrected chi connectivity index (χ3v) is 3.83. The molecule has 0 aliphatic carbocycles. The smallest absolute Gasteiger partial charge is 0.0878 e. The van der Waals surface area contributed by atoms with E-state index in [4.69, 9.17) is 4.74 Å². The maximum Gasteiger partial charge on any atom is 0.0878 e. The Morgan fingerprint density at radius 1 is 1.36 bits per heavy atom. The molecule has 2 heteroatoms. The van der Waals surface area contributed by atoms with Crippen LogP contribution < -0.4 is 0 Å². The van der Waals surface area contributed by atoms with Crippen LogP contribution in [0.15, 0.2) is 11.8 Å². The van der Waals surface area contributed by atoms with E-state index in [1.54, 1.807) is 0 Å². The van der Waals surface area contributed by atoms with Gasteiger partial charge in [0.15, 0.2) is 0 Å². The summed E-state index contributed by atoms with van der Waals surface area (Å²) >= 11 is 2.09. The first-order chi connectivity index (χ1) is 6.62. The molecule has 0 aromatic heterocycles. The van der Waals surface area contributed by atoms with E-state index in [0.717, 1.165) is 6.61 Å².